The van der Waals surface area contributed by atoms with Gasteiger partial charge in [0.05, 0.1) is 19.2 Å². The second kappa shape index (κ2) is 6.39. The number of ether oxygens (including phenoxy) is 1. The summed E-state index contributed by atoms with van der Waals surface area (Å²) in [5.41, 5.74) is 1.05. The lowest BCUT2D eigenvalue weighted by Crippen LogP contribution is -2.23. The zero-order valence-electron chi connectivity index (χ0n) is 11.0. The van der Waals surface area contributed by atoms with E-state index in [2.05, 4.69) is 5.10 Å². The third kappa shape index (κ3) is 3.85. The molecule has 0 saturated heterocycles. The van der Waals surface area contributed by atoms with Gasteiger partial charge in [0, 0.05) is 24.3 Å². The minimum Gasteiger partial charge on any atom is -0.466 e. The molecule has 1 rings (SSSR count). The second-order valence-corrected chi connectivity index (χ2v) is 4.12. The first-order valence-electron chi connectivity index (χ1n) is 5.92. The van der Waals surface area contributed by atoms with Crippen molar-refractivity contribution in [2.24, 2.45) is 0 Å². The Morgan fingerprint density at radius 2 is 2.24 bits per heavy atom. The maximum atomic E-state index is 11.5. The van der Waals surface area contributed by atoms with Crippen LogP contribution in [0.4, 0.5) is 0 Å². The summed E-state index contributed by atoms with van der Waals surface area (Å²) in [7, 11) is 3.90. The number of carbonyl (C=O) groups excluding carboxylic acids is 1. The first-order chi connectivity index (χ1) is 8.08. The molecule has 0 saturated carbocycles. The summed E-state index contributed by atoms with van der Waals surface area (Å²) in [6, 6.07) is 0.0225. The zero-order chi connectivity index (χ0) is 12.8. The van der Waals surface area contributed by atoms with Gasteiger partial charge in [-0.25, -0.2) is 0 Å². The van der Waals surface area contributed by atoms with Crippen LogP contribution < -0.4 is 0 Å². The summed E-state index contributed by atoms with van der Waals surface area (Å²) in [4.78, 5) is 13.5. The highest BCUT2D eigenvalue weighted by Crippen LogP contribution is 2.21. The Kier molecular flexibility index (Phi) is 5.15. The van der Waals surface area contributed by atoms with E-state index in [1.165, 1.54) is 0 Å². The lowest BCUT2D eigenvalue weighted by Gasteiger charge is -2.22. The number of esters is 1. The maximum absolute atomic E-state index is 11.5. The van der Waals surface area contributed by atoms with Crippen LogP contribution in [0.15, 0.2) is 12.4 Å². The fraction of sp³-hybridized carbons (Fsp3) is 0.667. The molecule has 0 N–H and O–H groups in total. The van der Waals surface area contributed by atoms with Crippen molar-refractivity contribution in [1.29, 1.82) is 0 Å². The smallest absolute Gasteiger partial charge is 0.307 e. The average Bonchev–Trinajstić information content (AvgIpc) is 2.74. The number of hydrogen-bond donors (Lipinski definition) is 0. The quantitative estimate of drug-likeness (QED) is 0.705. The summed E-state index contributed by atoms with van der Waals surface area (Å²) in [5.74, 6) is -0.171. The van der Waals surface area contributed by atoms with Gasteiger partial charge in [-0.15, -0.1) is 0 Å². The Bertz CT molecular complexity index is 360. The van der Waals surface area contributed by atoms with Crippen LogP contribution >= 0.6 is 0 Å². The Balaban J connectivity index is 2.75. The lowest BCUT2D eigenvalue weighted by atomic mass is 10.1. The Morgan fingerprint density at radius 1 is 1.53 bits per heavy atom. The van der Waals surface area contributed by atoms with E-state index in [1.807, 2.05) is 49.9 Å². The van der Waals surface area contributed by atoms with Crippen LogP contribution in [-0.4, -0.2) is 41.4 Å². The third-order valence-electron chi connectivity index (χ3n) is 2.65. The molecule has 5 heteroatoms. The van der Waals surface area contributed by atoms with Crippen LogP contribution in [0, 0.1) is 0 Å². The summed E-state index contributed by atoms with van der Waals surface area (Å²) >= 11 is 0. The van der Waals surface area contributed by atoms with Crippen molar-refractivity contribution in [3.8, 4) is 0 Å². The van der Waals surface area contributed by atoms with Crippen LogP contribution in [0.25, 0.3) is 0 Å². The molecule has 0 spiro atoms. The molecular weight excluding hydrogens is 218 g/mol. The summed E-state index contributed by atoms with van der Waals surface area (Å²) in [6.07, 6.45) is 4.15. The normalized spacial score (nSPS) is 12.8. The molecule has 1 heterocycles. The first kappa shape index (κ1) is 13.7. The minimum atomic E-state index is -0.171. The van der Waals surface area contributed by atoms with Crippen LogP contribution in [-0.2, 0) is 16.1 Å². The predicted molar refractivity (Wildman–Crippen MR) is 65.6 cm³/mol. The Labute approximate surface area is 102 Å². The fourth-order valence-electron chi connectivity index (χ4n) is 1.70. The van der Waals surface area contributed by atoms with Crippen molar-refractivity contribution in [3.05, 3.63) is 18.0 Å². The van der Waals surface area contributed by atoms with Gasteiger partial charge in [-0.1, -0.05) is 0 Å². The molecule has 0 aliphatic rings. The highest BCUT2D eigenvalue weighted by Gasteiger charge is 2.20. The first-order valence-corrected chi connectivity index (χ1v) is 5.92. The van der Waals surface area contributed by atoms with E-state index in [4.69, 9.17) is 4.74 Å². The molecule has 0 radical (unpaired) electrons. The second-order valence-electron chi connectivity index (χ2n) is 4.12. The van der Waals surface area contributed by atoms with Crippen molar-refractivity contribution in [2.75, 3.05) is 20.7 Å². The maximum Gasteiger partial charge on any atom is 0.307 e. The van der Waals surface area contributed by atoms with Gasteiger partial charge in [-0.3, -0.25) is 9.48 Å². The molecule has 0 fully saturated rings. The monoisotopic (exact) mass is 239 g/mol. The third-order valence-corrected chi connectivity index (χ3v) is 2.65. The van der Waals surface area contributed by atoms with Gasteiger partial charge in [0.1, 0.15) is 0 Å². The van der Waals surface area contributed by atoms with Gasteiger partial charge >= 0.3 is 5.97 Å². The van der Waals surface area contributed by atoms with Gasteiger partial charge in [-0.2, -0.15) is 5.10 Å². The number of aryl methyl sites for hydroxylation is 1. The number of hydrogen-bond acceptors (Lipinski definition) is 4. The van der Waals surface area contributed by atoms with E-state index < -0.39 is 0 Å². The van der Waals surface area contributed by atoms with Gasteiger partial charge in [-0.05, 0) is 27.9 Å². The van der Waals surface area contributed by atoms with Crippen molar-refractivity contribution >= 4 is 5.97 Å². The molecule has 1 atom stereocenters. The molecule has 5 nitrogen and oxygen atoms in total. The summed E-state index contributed by atoms with van der Waals surface area (Å²) < 4.78 is 6.84. The molecule has 0 aromatic carbocycles. The molecule has 0 aliphatic carbocycles. The van der Waals surface area contributed by atoms with Gasteiger partial charge in [0.2, 0.25) is 0 Å². The molecule has 0 amide bonds. The van der Waals surface area contributed by atoms with E-state index in [0.29, 0.717) is 13.0 Å². The van der Waals surface area contributed by atoms with Gasteiger partial charge < -0.3 is 9.64 Å². The zero-order valence-corrected chi connectivity index (χ0v) is 11.0. The molecule has 0 bridgehead atoms. The van der Waals surface area contributed by atoms with Gasteiger partial charge in [0.15, 0.2) is 0 Å². The number of nitrogens with zero attached hydrogens (tertiary/aromatic N) is 3. The highest BCUT2D eigenvalue weighted by atomic mass is 16.5. The van der Waals surface area contributed by atoms with Crippen molar-refractivity contribution in [3.63, 3.8) is 0 Å². The van der Waals surface area contributed by atoms with E-state index in [9.17, 15) is 4.79 Å². The Hall–Kier alpha value is -1.36. The van der Waals surface area contributed by atoms with E-state index in [0.717, 1.165) is 12.1 Å². The van der Waals surface area contributed by atoms with E-state index >= 15 is 0 Å². The lowest BCUT2D eigenvalue weighted by molar-refractivity contribution is -0.144. The fourth-order valence-corrected chi connectivity index (χ4v) is 1.70. The summed E-state index contributed by atoms with van der Waals surface area (Å²) in [5, 5.41) is 4.23. The van der Waals surface area contributed by atoms with Crippen molar-refractivity contribution in [1.82, 2.24) is 14.7 Å². The van der Waals surface area contributed by atoms with Crippen LogP contribution in [0.5, 0.6) is 0 Å². The van der Waals surface area contributed by atoms with Crippen LogP contribution in [0.1, 0.15) is 31.9 Å². The molecule has 0 aliphatic heterocycles. The molecule has 1 unspecified atom stereocenters. The predicted octanol–water partition coefficient (Wildman–Crippen LogP) is 1.46. The average molecular weight is 239 g/mol. The van der Waals surface area contributed by atoms with Crippen molar-refractivity contribution < 1.29 is 9.53 Å². The topological polar surface area (TPSA) is 47.4 Å². The molecule has 1 aromatic rings. The minimum absolute atomic E-state index is 0.0225. The largest absolute Gasteiger partial charge is 0.466 e. The van der Waals surface area contributed by atoms with Gasteiger partial charge in [0.25, 0.3) is 0 Å². The van der Waals surface area contributed by atoms with Crippen LogP contribution in [0.2, 0.25) is 0 Å². The number of carbonyl (C=O) groups is 1. The van der Waals surface area contributed by atoms with E-state index in [-0.39, 0.29) is 12.0 Å². The number of rotatable bonds is 6. The van der Waals surface area contributed by atoms with Crippen LogP contribution in [0.3, 0.4) is 0 Å². The molecule has 17 heavy (non-hydrogen) atoms. The standard InChI is InChI=1S/C12H21N3O2/c1-5-15-9-10(8-13-15)11(14(3)4)7-12(16)17-6-2/h8-9,11H,5-7H2,1-4H3. The molecule has 1 aromatic heterocycles. The SMILES string of the molecule is CCOC(=O)CC(c1cnn(CC)c1)N(C)C. The Morgan fingerprint density at radius 3 is 2.71 bits per heavy atom. The molecule has 96 valence electrons. The molecular formula is C12H21N3O2. The highest BCUT2D eigenvalue weighted by molar-refractivity contribution is 5.70. The van der Waals surface area contributed by atoms with Crippen molar-refractivity contribution in [2.45, 2.75) is 32.9 Å². The number of aromatic nitrogens is 2. The van der Waals surface area contributed by atoms with E-state index in [1.54, 1.807) is 0 Å². The summed E-state index contributed by atoms with van der Waals surface area (Å²) in [6.45, 7) is 5.11.